The predicted octanol–water partition coefficient (Wildman–Crippen LogP) is 2.69. The topological polar surface area (TPSA) is 81.4 Å². The van der Waals surface area contributed by atoms with Crippen molar-refractivity contribution in [2.24, 2.45) is 0 Å². The summed E-state index contributed by atoms with van der Waals surface area (Å²) in [5.41, 5.74) is 0.519. The van der Waals surface area contributed by atoms with Gasteiger partial charge in [-0.15, -0.1) is 0 Å². The number of benzene rings is 1. The van der Waals surface area contributed by atoms with E-state index in [2.05, 4.69) is 10.3 Å². The molecule has 24 heavy (non-hydrogen) atoms. The molecule has 0 aliphatic rings. The van der Waals surface area contributed by atoms with Crippen LogP contribution < -0.4 is 15.7 Å². The number of carbonyl (C=O) groups excluding carboxylic acids is 1. The minimum absolute atomic E-state index is 0.0495. The highest BCUT2D eigenvalue weighted by atomic mass is 16.5. The van der Waals surface area contributed by atoms with Crippen molar-refractivity contribution >= 4 is 16.9 Å². The van der Waals surface area contributed by atoms with Gasteiger partial charge in [-0.25, -0.2) is 4.79 Å². The van der Waals surface area contributed by atoms with E-state index in [0.29, 0.717) is 16.7 Å². The number of ether oxygens (including phenoxy) is 1. The summed E-state index contributed by atoms with van der Waals surface area (Å²) in [4.78, 5) is 28.5. The molecule has 0 fully saturated rings. The smallest absolute Gasteiger partial charge is 0.349 e. The molecule has 0 radical (unpaired) electrons. The maximum Gasteiger partial charge on any atom is 0.349 e. The monoisotopic (exact) mass is 324 g/mol. The van der Waals surface area contributed by atoms with Gasteiger partial charge in [0, 0.05) is 17.8 Å². The van der Waals surface area contributed by atoms with Gasteiger partial charge >= 0.3 is 5.63 Å². The van der Waals surface area contributed by atoms with Crippen LogP contribution in [0.4, 0.5) is 0 Å². The highest BCUT2D eigenvalue weighted by molar-refractivity contribution is 5.97. The lowest BCUT2D eigenvalue weighted by Crippen LogP contribution is -2.30. The molecule has 0 aliphatic carbocycles. The van der Waals surface area contributed by atoms with Gasteiger partial charge in [-0.1, -0.05) is 6.07 Å². The van der Waals surface area contributed by atoms with Crippen molar-refractivity contribution < 1.29 is 13.9 Å². The quantitative estimate of drug-likeness (QED) is 0.746. The molecule has 0 bridgehead atoms. The number of nitrogens with one attached hydrogen (secondary N) is 1. The summed E-state index contributed by atoms with van der Waals surface area (Å²) in [7, 11) is 1.55. The van der Waals surface area contributed by atoms with Crippen LogP contribution in [0.25, 0.3) is 11.0 Å². The summed E-state index contributed by atoms with van der Waals surface area (Å²) in [5, 5.41) is 3.40. The standard InChI is InChI=1S/C18H16N2O4/c1-11(12-4-3-7-19-10-12)20-17(21)15-9-13-8-14(23-2)5-6-16(13)24-18(15)22/h3-11H,1-2H3,(H,20,21). The Bertz CT molecular complexity index is 935. The number of nitrogens with zero attached hydrogens (tertiary/aromatic N) is 1. The van der Waals surface area contributed by atoms with Crippen LogP contribution in [-0.4, -0.2) is 18.0 Å². The van der Waals surface area contributed by atoms with E-state index in [1.54, 1.807) is 43.8 Å². The van der Waals surface area contributed by atoms with E-state index in [1.165, 1.54) is 6.07 Å². The van der Waals surface area contributed by atoms with Gasteiger partial charge in [-0.3, -0.25) is 9.78 Å². The van der Waals surface area contributed by atoms with Crippen LogP contribution in [0.15, 0.2) is 58.0 Å². The minimum Gasteiger partial charge on any atom is -0.497 e. The number of carbonyl (C=O) groups is 1. The SMILES string of the molecule is COc1ccc2oc(=O)c(C(=O)NC(C)c3cccnc3)cc2c1. The number of amides is 1. The van der Waals surface area contributed by atoms with Crippen molar-refractivity contribution in [1.82, 2.24) is 10.3 Å². The zero-order chi connectivity index (χ0) is 17.1. The molecule has 6 heteroatoms. The summed E-state index contributed by atoms with van der Waals surface area (Å²) >= 11 is 0. The van der Waals surface area contributed by atoms with E-state index in [-0.39, 0.29) is 11.6 Å². The summed E-state index contributed by atoms with van der Waals surface area (Å²) in [6.07, 6.45) is 3.32. The molecule has 2 aromatic heterocycles. The van der Waals surface area contributed by atoms with E-state index >= 15 is 0 Å². The number of fused-ring (bicyclic) bond motifs is 1. The van der Waals surface area contributed by atoms with Gasteiger partial charge in [-0.2, -0.15) is 0 Å². The first-order valence-electron chi connectivity index (χ1n) is 7.41. The lowest BCUT2D eigenvalue weighted by Gasteiger charge is -2.13. The van der Waals surface area contributed by atoms with Gasteiger partial charge in [0.05, 0.1) is 13.2 Å². The fourth-order valence-corrected chi connectivity index (χ4v) is 2.38. The highest BCUT2D eigenvalue weighted by Gasteiger charge is 2.17. The van der Waals surface area contributed by atoms with E-state index < -0.39 is 11.5 Å². The number of methoxy groups -OCH3 is 1. The number of pyridine rings is 1. The second-order valence-corrected chi connectivity index (χ2v) is 5.33. The normalized spacial score (nSPS) is 11.9. The van der Waals surface area contributed by atoms with Crippen molar-refractivity contribution in [1.29, 1.82) is 0 Å². The molecule has 3 aromatic rings. The molecule has 0 saturated carbocycles. The highest BCUT2D eigenvalue weighted by Crippen LogP contribution is 2.20. The van der Waals surface area contributed by atoms with Crippen LogP contribution in [-0.2, 0) is 0 Å². The van der Waals surface area contributed by atoms with Crippen LogP contribution in [0.2, 0.25) is 0 Å². The second kappa shape index (κ2) is 6.54. The third kappa shape index (κ3) is 3.12. The number of rotatable bonds is 4. The Kier molecular flexibility index (Phi) is 4.29. The molecule has 6 nitrogen and oxygen atoms in total. The lowest BCUT2D eigenvalue weighted by molar-refractivity contribution is 0.0936. The van der Waals surface area contributed by atoms with Crippen molar-refractivity contribution in [3.63, 3.8) is 0 Å². The molecule has 1 unspecified atom stereocenters. The molecule has 3 rings (SSSR count). The molecule has 1 N–H and O–H groups in total. The fraction of sp³-hybridized carbons (Fsp3) is 0.167. The first kappa shape index (κ1) is 15.7. The zero-order valence-electron chi connectivity index (χ0n) is 13.3. The number of aromatic nitrogens is 1. The Morgan fingerprint density at radius 1 is 1.29 bits per heavy atom. The molecular formula is C18H16N2O4. The zero-order valence-corrected chi connectivity index (χ0v) is 13.3. The molecule has 0 spiro atoms. The lowest BCUT2D eigenvalue weighted by atomic mass is 10.1. The van der Waals surface area contributed by atoms with Crippen LogP contribution in [0.3, 0.4) is 0 Å². The van der Waals surface area contributed by atoms with Gasteiger partial charge in [0.1, 0.15) is 16.9 Å². The van der Waals surface area contributed by atoms with Crippen LogP contribution in [0.5, 0.6) is 5.75 Å². The molecular weight excluding hydrogens is 308 g/mol. The Morgan fingerprint density at radius 3 is 2.83 bits per heavy atom. The maximum atomic E-state index is 12.4. The van der Waals surface area contributed by atoms with Gasteiger partial charge < -0.3 is 14.5 Å². The molecule has 1 atom stereocenters. The molecule has 1 amide bonds. The van der Waals surface area contributed by atoms with E-state index in [1.807, 2.05) is 13.0 Å². The first-order chi connectivity index (χ1) is 11.6. The minimum atomic E-state index is -0.677. The summed E-state index contributed by atoms with van der Waals surface area (Å²) in [6.45, 7) is 1.82. The van der Waals surface area contributed by atoms with Crippen molar-refractivity contribution in [2.75, 3.05) is 7.11 Å². The van der Waals surface area contributed by atoms with Gasteiger partial charge in [0.15, 0.2) is 0 Å². The Labute approximate surface area is 138 Å². The average molecular weight is 324 g/mol. The predicted molar refractivity (Wildman–Crippen MR) is 89.2 cm³/mol. The maximum absolute atomic E-state index is 12.4. The largest absolute Gasteiger partial charge is 0.497 e. The molecule has 1 aromatic carbocycles. The van der Waals surface area contributed by atoms with E-state index in [4.69, 9.17) is 9.15 Å². The van der Waals surface area contributed by atoms with Gasteiger partial charge in [0.25, 0.3) is 5.91 Å². The number of hydrogen-bond donors (Lipinski definition) is 1. The Morgan fingerprint density at radius 2 is 2.12 bits per heavy atom. The van der Waals surface area contributed by atoms with E-state index in [9.17, 15) is 9.59 Å². The molecule has 0 aliphatic heterocycles. The third-order valence-corrected chi connectivity index (χ3v) is 3.72. The third-order valence-electron chi connectivity index (χ3n) is 3.72. The Balaban J connectivity index is 1.91. The van der Waals surface area contributed by atoms with Crippen molar-refractivity contribution in [2.45, 2.75) is 13.0 Å². The average Bonchev–Trinajstić information content (AvgIpc) is 2.61. The molecule has 2 heterocycles. The van der Waals surface area contributed by atoms with Crippen molar-refractivity contribution in [3.05, 3.63) is 70.3 Å². The molecule has 122 valence electrons. The van der Waals surface area contributed by atoms with Gasteiger partial charge in [0.2, 0.25) is 0 Å². The second-order valence-electron chi connectivity index (χ2n) is 5.33. The van der Waals surface area contributed by atoms with Crippen LogP contribution in [0, 0.1) is 0 Å². The van der Waals surface area contributed by atoms with Gasteiger partial charge in [-0.05, 0) is 42.8 Å². The van der Waals surface area contributed by atoms with E-state index in [0.717, 1.165) is 5.56 Å². The van der Waals surface area contributed by atoms with Crippen LogP contribution >= 0.6 is 0 Å². The Hall–Kier alpha value is -3.15. The van der Waals surface area contributed by atoms with Crippen LogP contribution in [0.1, 0.15) is 28.9 Å². The fourth-order valence-electron chi connectivity index (χ4n) is 2.38. The van der Waals surface area contributed by atoms with Crippen molar-refractivity contribution in [3.8, 4) is 5.75 Å². The summed E-state index contributed by atoms with van der Waals surface area (Å²) in [5.74, 6) is 0.122. The summed E-state index contributed by atoms with van der Waals surface area (Å²) in [6, 6.07) is 9.89. The first-order valence-corrected chi connectivity index (χ1v) is 7.41. The summed E-state index contributed by atoms with van der Waals surface area (Å²) < 4.78 is 10.4. The number of hydrogen-bond acceptors (Lipinski definition) is 5. The molecule has 0 saturated heterocycles.